The van der Waals surface area contributed by atoms with Crippen LogP contribution in [0.15, 0.2) is 53.5 Å². The summed E-state index contributed by atoms with van der Waals surface area (Å²) in [5.41, 5.74) is 2.27. The van der Waals surface area contributed by atoms with Crippen LogP contribution in [-0.2, 0) is 6.54 Å². The third-order valence-electron chi connectivity index (χ3n) is 3.20. The van der Waals surface area contributed by atoms with Gasteiger partial charge >= 0.3 is 0 Å². The number of nitrogens with one attached hydrogen (secondary N) is 1. The van der Waals surface area contributed by atoms with Crippen molar-refractivity contribution in [2.75, 3.05) is 0 Å². The lowest BCUT2D eigenvalue weighted by atomic mass is 9.96. The zero-order valence-electron chi connectivity index (χ0n) is 10.9. The van der Waals surface area contributed by atoms with E-state index in [0.717, 1.165) is 16.8 Å². The highest BCUT2D eigenvalue weighted by molar-refractivity contribution is 6.32. The van der Waals surface area contributed by atoms with Gasteiger partial charge in [-0.2, -0.15) is 19.0 Å². The third kappa shape index (κ3) is 2.95. The molecule has 4 nitrogen and oxygen atoms in total. The fourth-order valence-electron chi connectivity index (χ4n) is 2.12. The molecule has 108 valence electrons. The minimum Gasteiger partial charge on any atom is -0.285 e. The maximum atomic E-state index is 12.8. The molecule has 0 saturated carbocycles. The fourth-order valence-corrected chi connectivity index (χ4v) is 2.33. The number of allylic oxidation sites excluding steroid dienone is 5. The topological polar surface area (TPSA) is 46.5 Å². The van der Waals surface area contributed by atoms with Gasteiger partial charge in [0.05, 0.1) is 18.4 Å². The molecule has 0 amide bonds. The second-order valence-corrected chi connectivity index (χ2v) is 5.02. The fraction of sp³-hybridized carbons (Fsp3) is 0.143. The number of nitrogens with zero attached hydrogens (tertiary/aromatic N) is 3. The summed E-state index contributed by atoms with van der Waals surface area (Å²) in [5.74, 6) is 0. The molecule has 0 aromatic carbocycles. The molecule has 0 fully saturated rings. The molecule has 0 unspecified atom stereocenters. The van der Waals surface area contributed by atoms with Gasteiger partial charge in [-0.1, -0.05) is 17.7 Å². The molecule has 3 rings (SSSR count). The summed E-state index contributed by atoms with van der Waals surface area (Å²) in [6.45, 7) is 0.521. The highest BCUT2D eigenvalue weighted by Crippen LogP contribution is 2.35. The Balaban J connectivity index is 1.82. The number of aromatic nitrogens is 4. The van der Waals surface area contributed by atoms with Gasteiger partial charge in [-0.05, 0) is 17.7 Å². The lowest BCUT2D eigenvalue weighted by Gasteiger charge is -2.12. The molecule has 0 saturated heterocycles. The predicted octanol–water partition coefficient (Wildman–Crippen LogP) is 3.71. The van der Waals surface area contributed by atoms with Crippen molar-refractivity contribution in [3.8, 4) is 0 Å². The van der Waals surface area contributed by atoms with Crippen molar-refractivity contribution in [3.05, 3.63) is 64.8 Å². The van der Waals surface area contributed by atoms with Gasteiger partial charge in [0, 0.05) is 35.0 Å². The summed E-state index contributed by atoms with van der Waals surface area (Å²) in [6, 6.07) is 1.85. The van der Waals surface area contributed by atoms with E-state index >= 15 is 0 Å². The van der Waals surface area contributed by atoms with Crippen LogP contribution in [0.3, 0.4) is 0 Å². The molecular weight excluding hydrogens is 298 g/mol. The highest BCUT2D eigenvalue weighted by Gasteiger charge is 2.18. The average molecular weight is 309 g/mol. The lowest BCUT2D eigenvalue weighted by molar-refractivity contribution is 0.412. The summed E-state index contributed by atoms with van der Waals surface area (Å²) in [4.78, 5) is 0. The number of halogens is 3. The van der Waals surface area contributed by atoms with Crippen LogP contribution in [0.4, 0.5) is 8.78 Å². The zero-order valence-corrected chi connectivity index (χ0v) is 11.6. The Morgan fingerprint density at radius 2 is 2.24 bits per heavy atom. The number of hydrogen-bond donors (Lipinski definition) is 1. The van der Waals surface area contributed by atoms with E-state index in [1.807, 2.05) is 6.07 Å². The molecule has 1 N–H and O–H groups in total. The first-order valence-electron chi connectivity index (χ1n) is 6.26. The molecule has 0 radical (unpaired) electrons. The van der Waals surface area contributed by atoms with Gasteiger partial charge in [0.2, 0.25) is 0 Å². The maximum Gasteiger partial charge on any atom is 0.275 e. The summed E-state index contributed by atoms with van der Waals surface area (Å²) in [5, 5.41) is 11.1. The van der Waals surface area contributed by atoms with Crippen molar-refractivity contribution in [1.82, 2.24) is 20.0 Å². The van der Waals surface area contributed by atoms with E-state index in [2.05, 4.69) is 15.3 Å². The summed E-state index contributed by atoms with van der Waals surface area (Å²) in [6.07, 6.45) is 6.78. The minimum atomic E-state index is -1.74. The van der Waals surface area contributed by atoms with Crippen LogP contribution in [-0.4, -0.2) is 20.0 Å². The molecule has 2 aromatic heterocycles. The smallest absolute Gasteiger partial charge is 0.275 e. The van der Waals surface area contributed by atoms with Crippen molar-refractivity contribution in [3.63, 3.8) is 0 Å². The van der Waals surface area contributed by atoms with Crippen LogP contribution in [0.1, 0.15) is 17.7 Å². The molecule has 1 aliphatic rings. The van der Waals surface area contributed by atoms with Crippen molar-refractivity contribution in [2.24, 2.45) is 0 Å². The van der Waals surface area contributed by atoms with Crippen molar-refractivity contribution in [2.45, 2.75) is 13.0 Å². The Morgan fingerprint density at radius 3 is 2.95 bits per heavy atom. The summed E-state index contributed by atoms with van der Waals surface area (Å²) >= 11 is 5.78. The molecule has 1 aliphatic carbocycles. The molecule has 2 heterocycles. The average Bonchev–Trinajstić information content (AvgIpc) is 3.11. The Labute approximate surface area is 124 Å². The van der Waals surface area contributed by atoms with Gasteiger partial charge in [-0.3, -0.25) is 9.78 Å². The predicted molar refractivity (Wildman–Crippen MR) is 75.7 cm³/mol. The van der Waals surface area contributed by atoms with E-state index in [1.165, 1.54) is 6.08 Å². The number of hydrogen-bond acceptors (Lipinski definition) is 2. The summed E-state index contributed by atoms with van der Waals surface area (Å²) in [7, 11) is 0. The Hall–Kier alpha value is -2.21. The molecular formula is C14H11ClF2N4. The zero-order chi connectivity index (χ0) is 14.8. The van der Waals surface area contributed by atoms with Crippen LogP contribution >= 0.6 is 11.6 Å². The van der Waals surface area contributed by atoms with Crippen molar-refractivity contribution < 1.29 is 8.78 Å². The van der Waals surface area contributed by atoms with E-state index in [-0.39, 0.29) is 17.0 Å². The first-order chi connectivity index (χ1) is 10.1. The Morgan fingerprint density at radius 1 is 1.38 bits per heavy atom. The van der Waals surface area contributed by atoms with E-state index < -0.39 is 6.08 Å². The molecule has 0 aliphatic heterocycles. The Kier molecular flexibility index (Phi) is 3.70. The number of aromatic amines is 1. The monoisotopic (exact) mass is 308 g/mol. The molecule has 7 heteroatoms. The first-order valence-corrected chi connectivity index (χ1v) is 6.63. The summed E-state index contributed by atoms with van der Waals surface area (Å²) < 4.78 is 27.3. The second-order valence-electron chi connectivity index (χ2n) is 4.61. The number of rotatable bonds is 3. The van der Waals surface area contributed by atoms with Crippen LogP contribution in [0.25, 0.3) is 5.57 Å². The molecule has 0 bridgehead atoms. The van der Waals surface area contributed by atoms with Crippen LogP contribution in [0, 0.1) is 0 Å². The van der Waals surface area contributed by atoms with Crippen molar-refractivity contribution >= 4 is 17.2 Å². The lowest BCUT2D eigenvalue weighted by Crippen LogP contribution is -2.00. The largest absolute Gasteiger partial charge is 0.285 e. The second kappa shape index (κ2) is 5.65. The maximum absolute atomic E-state index is 12.8. The minimum absolute atomic E-state index is 0.0858. The quantitative estimate of drug-likeness (QED) is 0.939. The van der Waals surface area contributed by atoms with Gasteiger partial charge in [-0.15, -0.1) is 0 Å². The highest BCUT2D eigenvalue weighted by atomic mass is 35.5. The standard InChI is InChI=1S/C14H11ClF2N4/c15-13-2-1-9(5-12(13)14(16)17)10-6-19-21(7-10)8-11-3-4-18-20-11/h1-4,6-7H,5,8H2,(H,18,20). The molecule has 0 atom stereocenters. The SMILES string of the molecule is FC(F)=C1CC(c2cnn(Cc3cc[nH]n3)c2)=CC=C1Cl. The normalized spacial score (nSPS) is 14.9. The van der Waals surface area contributed by atoms with Crippen LogP contribution in [0.5, 0.6) is 0 Å². The van der Waals surface area contributed by atoms with Crippen molar-refractivity contribution in [1.29, 1.82) is 0 Å². The molecule has 0 spiro atoms. The van der Waals surface area contributed by atoms with E-state index in [1.54, 1.807) is 29.3 Å². The van der Waals surface area contributed by atoms with E-state index in [0.29, 0.717) is 6.54 Å². The van der Waals surface area contributed by atoms with E-state index in [9.17, 15) is 8.78 Å². The first kappa shape index (κ1) is 13.8. The number of H-pyrrole nitrogens is 1. The van der Waals surface area contributed by atoms with Crippen LogP contribution in [0.2, 0.25) is 0 Å². The van der Waals surface area contributed by atoms with Gasteiger partial charge in [0.1, 0.15) is 0 Å². The van der Waals surface area contributed by atoms with Gasteiger partial charge in [-0.25, -0.2) is 0 Å². The van der Waals surface area contributed by atoms with E-state index in [4.69, 9.17) is 11.6 Å². The van der Waals surface area contributed by atoms with Gasteiger partial charge in [0.25, 0.3) is 6.08 Å². The molecule has 2 aromatic rings. The van der Waals surface area contributed by atoms with Gasteiger partial charge < -0.3 is 0 Å². The van der Waals surface area contributed by atoms with Crippen LogP contribution < -0.4 is 0 Å². The van der Waals surface area contributed by atoms with Gasteiger partial charge in [0.15, 0.2) is 0 Å². The molecule has 21 heavy (non-hydrogen) atoms. The Bertz CT molecular complexity index is 737. The third-order valence-corrected chi connectivity index (χ3v) is 3.56.